The summed E-state index contributed by atoms with van der Waals surface area (Å²) in [5.41, 5.74) is 0. The van der Waals surface area contributed by atoms with Gasteiger partial charge >= 0.3 is 0 Å². The number of hydrogen-bond donors (Lipinski definition) is 0. The number of anilines is 2. The second-order valence-electron chi connectivity index (χ2n) is 4.86. The maximum absolute atomic E-state index is 14.0. The van der Waals surface area contributed by atoms with Crippen LogP contribution in [0.1, 0.15) is 0 Å². The lowest BCUT2D eigenvalue weighted by Crippen LogP contribution is -2.47. The van der Waals surface area contributed by atoms with E-state index in [9.17, 15) is 4.39 Å². The van der Waals surface area contributed by atoms with E-state index in [0.717, 1.165) is 0 Å². The third-order valence-electron chi connectivity index (χ3n) is 3.50. The van der Waals surface area contributed by atoms with Gasteiger partial charge in [-0.3, -0.25) is 0 Å². The van der Waals surface area contributed by atoms with Gasteiger partial charge in [0.15, 0.2) is 17.4 Å². The Labute approximate surface area is 136 Å². The fourth-order valence-corrected chi connectivity index (χ4v) is 2.64. The number of ether oxygens (including phenoxy) is 1. The molecule has 0 unspecified atom stereocenters. The molecule has 6 nitrogen and oxygen atoms in total. The van der Waals surface area contributed by atoms with Gasteiger partial charge in [-0.15, -0.1) is 0 Å². The maximum atomic E-state index is 14.0. The molecule has 1 fully saturated rings. The van der Waals surface area contributed by atoms with Gasteiger partial charge in [0.05, 0.1) is 19.5 Å². The molecule has 3 rings (SSSR count). The number of nitrogens with zero attached hydrogens (tertiary/aromatic N) is 5. The zero-order valence-corrected chi connectivity index (χ0v) is 13.6. The minimum atomic E-state index is -0.316. The Morgan fingerprint density at radius 1 is 1.05 bits per heavy atom. The number of pyridine rings is 1. The molecule has 22 heavy (non-hydrogen) atoms. The summed E-state index contributed by atoms with van der Waals surface area (Å²) in [5, 5.41) is 0. The molecule has 0 N–H and O–H groups in total. The van der Waals surface area contributed by atoms with Gasteiger partial charge in [0.1, 0.15) is 0 Å². The van der Waals surface area contributed by atoms with Crippen molar-refractivity contribution in [3.8, 4) is 5.75 Å². The van der Waals surface area contributed by atoms with Crippen molar-refractivity contribution in [2.75, 3.05) is 43.1 Å². The summed E-state index contributed by atoms with van der Waals surface area (Å²) in [5.74, 6) is 1.36. The van der Waals surface area contributed by atoms with Crippen molar-refractivity contribution in [3.63, 3.8) is 0 Å². The monoisotopic (exact) mass is 367 g/mol. The molecule has 0 atom stereocenters. The number of methoxy groups -OCH3 is 1. The summed E-state index contributed by atoms with van der Waals surface area (Å²) in [7, 11) is 1.58. The second-order valence-corrected chi connectivity index (χ2v) is 5.77. The van der Waals surface area contributed by atoms with Crippen molar-refractivity contribution in [1.82, 2.24) is 15.0 Å². The third-order valence-corrected chi connectivity index (χ3v) is 3.93. The molecule has 0 radical (unpaired) electrons. The largest absolute Gasteiger partial charge is 0.494 e. The molecule has 2 aromatic heterocycles. The van der Waals surface area contributed by atoms with Crippen molar-refractivity contribution in [2.45, 2.75) is 0 Å². The minimum absolute atomic E-state index is 0.316. The summed E-state index contributed by atoms with van der Waals surface area (Å²) < 4.78 is 19.6. The molecule has 0 saturated carbocycles. The zero-order chi connectivity index (χ0) is 15.5. The van der Waals surface area contributed by atoms with Crippen LogP contribution in [0.15, 0.2) is 29.1 Å². The highest BCUT2D eigenvalue weighted by Crippen LogP contribution is 2.22. The third kappa shape index (κ3) is 3.11. The predicted molar refractivity (Wildman–Crippen MR) is 84.9 cm³/mol. The molecule has 116 valence electrons. The highest BCUT2D eigenvalue weighted by Gasteiger charge is 2.22. The number of hydrogen-bond acceptors (Lipinski definition) is 6. The van der Waals surface area contributed by atoms with Gasteiger partial charge in [-0.2, -0.15) is 0 Å². The molecule has 3 heterocycles. The SMILES string of the molecule is COc1cnc(N2CCN(c3ncc(Br)cc3F)CC2)nc1. The van der Waals surface area contributed by atoms with E-state index in [4.69, 9.17) is 4.74 Å². The molecular weight excluding hydrogens is 353 g/mol. The van der Waals surface area contributed by atoms with E-state index in [2.05, 4.69) is 35.8 Å². The Hall–Kier alpha value is -1.96. The van der Waals surface area contributed by atoms with Crippen LogP contribution in [-0.4, -0.2) is 48.2 Å². The van der Waals surface area contributed by atoms with E-state index in [1.54, 1.807) is 25.7 Å². The van der Waals surface area contributed by atoms with Gasteiger partial charge in [-0.05, 0) is 22.0 Å². The number of piperazine rings is 1. The maximum Gasteiger partial charge on any atom is 0.225 e. The van der Waals surface area contributed by atoms with Gasteiger partial charge in [0, 0.05) is 36.8 Å². The number of rotatable bonds is 3. The van der Waals surface area contributed by atoms with Crippen LogP contribution in [0.5, 0.6) is 5.75 Å². The fraction of sp³-hybridized carbons (Fsp3) is 0.357. The van der Waals surface area contributed by atoms with Gasteiger partial charge in [0.2, 0.25) is 5.95 Å². The molecule has 0 aromatic carbocycles. The Balaban J connectivity index is 1.66. The lowest BCUT2D eigenvalue weighted by molar-refractivity contribution is 0.410. The van der Waals surface area contributed by atoms with E-state index in [-0.39, 0.29) is 5.82 Å². The van der Waals surface area contributed by atoms with E-state index >= 15 is 0 Å². The first-order chi connectivity index (χ1) is 10.7. The lowest BCUT2D eigenvalue weighted by Gasteiger charge is -2.35. The normalized spacial score (nSPS) is 15.0. The summed E-state index contributed by atoms with van der Waals surface area (Å²) in [6.45, 7) is 2.76. The Bertz CT molecular complexity index is 646. The van der Waals surface area contributed by atoms with Gasteiger partial charge < -0.3 is 14.5 Å². The van der Waals surface area contributed by atoms with Crippen molar-refractivity contribution >= 4 is 27.7 Å². The number of halogens is 2. The van der Waals surface area contributed by atoms with Crippen LogP contribution >= 0.6 is 15.9 Å². The highest BCUT2D eigenvalue weighted by atomic mass is 79.9. The predicted octanol–water partition coefficient (Wildman–Crippen LogP) is 2.11. The molecule has 0 bridgehead atoms. The van der Waals surface area contributed by atoms with Crippen molar-refractivity contribution in [1.29, 1.82) is 0 Å². The average Bonchev–Trinajstić information content (AvgIpc) is 2.55. The van der Waals surface area contributed by atoms with E-state index < -0.39 is 0 Å². The Morgan fingerprint density at radius 3 is 2.27 bits per heavy atom. The van der Waals surface area contributed by atoms with Crippen LogP contribution in [-0.2, 0) is 0 Å². The van der Waals surface area contributed by atoms with E-state index in [1.165, 1.54) is 6.07 Å². The quantitative estimate of drug-likeness (QED) is 0.827. The van der Waals surface area contributed by atoms with Crippen LogP contribution in [0.3, 0.4) is 0 Å². The summed E-state index contributed by atoms with van der Waals surface area (Å²) in [6, 6.07) is 1.43. The molecule has 1 saturated heterocycles. The smallest absolute Gasteiger partial charge is 0.225 e. The van der Waals surface area contributed by atoms with E-state index in [1.807, 2.05) is 4.90 Å². The Kier molecular flexibility index (Phi) is 4.37. The van der Waals surface area contributed by atoms with Crippen LogP contribution < -0.4 is 14.5 Å². The highest BCUT2D eigenvalue weighted by molar-refractivity contribution is 9.10. The molecule has 0 aliphatic carbocycles. The van der Waals surface area contributed by atoms with Crippen LogP contribution in [0.4, 0.5) is 16.2 Å². The van der Waals surface area contributed by atoms with Gasteiger partial charge in [-0.25, -0.2) is 19.3 Å². The molecule has 1 aliphatic rings. The van der Waals surface area contributed by atoms with Crippen molar-refractivity contribution in [3.05, 3.63) is 34.9 Å². The first-order valence-corrected chi connectivity index (χ1v) is 7.63. The van der Waals surface area contributed by atoms with Gasteiger partial charge in [0.25, 0.3) is 0 Å². The molecule has 0 spiro atoms. The molecule has 2 aromatic rings. The first-order valence-electron chi connectivity index (χ1n) is 6.84. The number of aromatic nitrogens is 3. The van der Waals surface area contributed by atoms with Crippen LogP contribution in [0, 0.1) is 5.82 Å². The molecule has 0 amide bonds. The summed E-state index contributed by atoms with van der Waals surface area (Å²) >= 11 is 3.22. The molecule has 1 aliphatic heterocycles. The second kappa shape index (κ2) is 6.43. The minimum Gasteiger partial charge on any atom is -0.494 e. The van der Waals surface area contributed by atoms with E-state index in [0.29, 0.717) is 48.2 Å². The topological polar surface area (TPSA) is 54.4 Å². The van der Waals surface area contributed by atoms with Crippen molar-refractivity contribution < 1.29 is 9.13 Å². The van der Waals surface area contributed by atoms with Crippen LogP contribution in [0.2, 0.25) is 0 Å². The van der Waals surface area contributed by atoms with Gasteiger partial charge in [-0.1, -0.05) is 0 Å². The molecule has 8 heteroatoms. The van der Waals surface area contributed by atoms with Crippen LogP contribution in [0.25, 0.3) is 0 Å². The fourth-order valence-electron chi connectivity index (χ4n) is 2.34. The Morgan fingerprint density at radius 2 is 1.68 bits per heavy atom. The molecular formula is C14H15BrFN5O. The standard InChI is InChI=1S/C14H15BrFN5O/c1-22-11-8-18-14(19-9-11)21-4-2-20(3-5-21)13-12(16)6-10(15)7-17-13/h6-9H,2-5H2,1H3. The summed E-state index contributed by atoms with van der Waals surface area (Å²) in [6.07, 6.45) is 4.90. The zero-order valence-electron chi connectivity index (χ0n) is 12.0. The first kappa shape index (κ1) is 15.0. The van der Waals surface area contributed by atoms with Crippen molar-refractivity contribution in [2.24, 2.45) is 0 Å². The lowest BCUT2D eigenvalue weighted by atomic mass is 10.3. The summed E-state index contributed by atoms with van der Waals surface area (Å²) in [4.78, 5) is 16.7. The average molecular weight is 368 g/mol.